The van der Waals surface area contributed by atoms with Crippen LogP contribution in [0.25, 0.3) is 0 Å². The molecule has 2 aromatic rings. The highest BCUT2D eigenvalue weighted by molar-refractivity contribution is 6.04. The van der Waals surface area contributed by atoms with Crippen LogP contribution in [-0.2, 0) is 4.74 Å². The Hall–Kier alpha value is -2.48. The van der Waals surface area contributed by atoms with Crippen molar-refractivity contribution in [3.05, 3.63) is 54.2 Å². The number of β-amino-alcohol motifs (C(OH)–C–C–N with tert-alkyl or cyclic N) is 1. The van der Waals surface area contributed by atoms with Crippen molar-refractivity contribution < 1.29 is 14.6 Å². The molecule has 1 fully saturated rings. The number of aromatic nitrogens is 1. The molecule has 2 N–H and O–H groups in total. The lowest BCUT2D eigenvalue weighted by molar-refractivity contribution is -0.00900. The van der Waals surface area contributed by atoms with E-state index < -0.39 is 6.10 Å². The molecule has 1 aromatic carbocycles. The molecule has 1 aromatic heterocycles. The summed E-state index contributed by atoms with van der Waals surface area (Å²) in [5, 5.41) is 13.0. The Morgan fingerprint density at radius 2 is 1.86 bits per heavy atom. The maximum Gasteiger partial charge on any atom is 0.255 e. The molecule has 7 heteroatoms. The summed E-state index contributed by atoms with van der Waals surface area (Å²) in [4.78, 5) is 21.2. The number of nitrogens with one attached hydrogen (secondary N) is 1. The molecular weight excluding hydrogens is 368 g/mol. The van der Waals surface area contributed by atoms with E-state index >= 15 is 0 Å². The number of hydrogen-bond donors (Lipinski definition) is 2. The van der Waals surface area contributed by atoms with Crippen LogP contribution in [0.5, 0.6) is 0 Å². The Labute approximate surface area is 172 Å². The van der Waals surface area contributed by atoms with Gasteiger partial charge in [0.25, 0.3) is 5.91 Å². The SMILES string of the molecule is CC(C)OCC(O)CN1CCN(c2ccc(NC(=O)c3ccccc3)cn2)CC1. The number of carbonyl (C=O) groups is 1. The first-order valence-corrected chi connectivity index (χ1v) is 10.1. The number of anilines is 2. The van der Waals surface area contributed by atoms with E-state index in [1.807, 2.05) is 44.2 Å². The van der Waals surface area contributed by atoms with Crippen LogP contribution in [0.15, 0.2) is 48.7 Å². The summed E-state index contributed by atoms with van der Waals surface area (Å²) in [6, 6.07) is 12.9. The van der Waals surface area contributed by atoms with Crippen LogP contribution >= 0.6 is 0 Å². The van der Waals surface area contributed by atoms with Crippen molar-refractivity contribution in [1.29, 1.82) is 0 Å². The quantitative estimate of drug-likeness (QED) is 0.710. The molecule has 1 aliphatic rings. The Balaban J connectivity index is 1.46. The first-order valence-electron chi connectivity index (χ1n) is 10.1. The van der Waals surface area contributed by atoms with Crippen molar-refractivity contribution in [3.8, 4) is 0 Å². The second kappa shape index (κ2) is 10.3. The van der Waals surface area contributed by atoms with Gasteiger partial charge in [-0.05, 0) is 38.1 Å². The molecule has 156 valence electrons. The van der Waals surface area contributed by atoms with Crippen LogP contribution in [0.3, 0.4) is 0 Å². The molecule has 1 aliphatic heterocycles. The van der Waals surface area contributed by atoms with Crippen LogP contribution in [0, 0.1) is 0 Å². The number of pyridine rings is 1. The Morgan fingerprint density at radius 1 is 1.14 bits per heavy atom. The standard InChI is InChI=1S/C22H30N4O3/c1-17(2)29-16-20(27)15-25-10-12-26(13-11-25)21-9-8-19(14-23-21)24-22(28)18-6-4-3-5-7-18/h3-9,14,17,20,27H,10-13,15-16H2,1-2H3,(H,24,28). The van der Waals surface area contributed by atoms with E-state index in [1.54, 1.807) is 18.3 Å². The molecule has 29 heavy (non-hydrogen) atoms. The Bertz CT molecular complexity index is 759. The van der Waals surface area contributed by atoms with Crippen molar-refractivity contribution in [2.24, 2.45) is 0 Å². The summed E-state index contributed by atoms with van der Waals surface area (Å²) >= 11 is 0. The predicted molar refractivity (Wildman–Crippen MR) is 114 cm³/mol. The number of carbonyl (C=O) groups excluding carboxylic acids is 1. The van der Waals surface area contributed by atoms with Crippen LogP contribution < -0.4 is 10.2 Å². The smallest absolute Gasteiger partial charge is 0.255 e. The molecule has 0 bridgehead atoms. The average Bonchev–Trinajstić information content (AvgIpc) is 2.74. The van der Waals surface area contributed by atoms with Gasteiger partial charge in [0.1, 0.15) is 5.82 Å². The van der Waals surface area contributed by atoms with Crippen molar-refractivity contribution in [2.45, 2.75) is 26.1 Å². The van der Waals surface area contributed by atoms with Crippen LogP contribution in [0.1, 0.15) is 24.2 Å². The van der Waals surface area contributed by atoms with Crippen molar-refractivity contribution in [2.75, 3.05) is 49.5 Å². The summed E-state index contributed by atoms with van der Waals surface area (Å²) in [5.74, 6) is 0.750. The first kappa shape index (κ1) is 21.2. The van der Waals surface area contributed by atoms with E-state index in [0.29, 0.717) is 24.4 Å². The maximum absolute atomic E-state index is 12.2. The van der Waals surface area contributed by atoms with Gasteiger partial charge in [0.2, 0.25) is 0 Å². The Kier molecular flexibility index (Phi) is 7.57. The number of ether oxygens (including phenoxy) is 1. The monoisotopic (exact) mass is 398 g/mol. The van der Waals surface area contributed by atoms with Crippen LogP contribution in [0.4, 0.5) is 11.5 Å². The van der Waals surface area contributed by atoms with Crippen molar-refractivity contribution in [3.63, 3.8) is 0 Å². The van der Waals surface area contributed by atoms with Crippen molar-refractivity contribution >= 4 is 17.4 Å². The van der Waals surface area contributed by atoms with E-state index in [1.165, 1.54) is 0 Å². The molecule has 1 amide bonds. The fraction of sp³-hybridized carbons (Fsp3) is 0.455. The number of aliphatic hydroxyl groups excluding tert-OH is 1. The maximum atomic E-state index is 12.2. The number of hydrogen-bond acceptors (Lipinski definition) is 6. The summed E-state index contributed by atoms with van der Waals surface area (Å²) in [6.45, 7) is 8.36. The van der Waals surface area contributed by atoms with Gasteiger partial charge in [0, 0.05) is 38.3 Å². The molecule has 1 saturated heterocycles. The van der Waals surface area contributed by atoms with E-state index in [9.17, 15) is 9.90 Å². The van der Waals surface area contributed by atoms with Gasteiger partial charge in [0.05, 0.1) is 30.7 Å². The fourth-order valence-electron chi connectivity index (χ4n) is 3.25. The van der Waals surface area contributed by atoms with Crippen LogP contribution in [0.2, 0.25) is 0 Å². The largest absolute Gasteiger partial charge is 0.389 e. The normalized spacial score (nSPS) is 16.1. The third-order valence-corrected chi connectivity index (χ3v) is 4.83. The predicted octanol–water partition coefficient (Wildman–Crippen LogP) is 2.24. The van der Waals surface area contributed by atoms with E-state index in [4.69, 9.17) is 4.74 Å². The molecule has 0 radical (unpaired) electrons. The Morgan fingerprint density at radius 3 is 2.48 bits per heavy atom. The zero-order valence-corrected chi connectivity index (χ0v) is 17.1. The van der Waals surface area contributed by atoms with Gasteiger partial charge in [-0.15, -0.1) is 0 Å². The lowest BCUT2D eigenvalue weighted by Gasteiger charge is -2.36. The lowest BCUT2D eigenvalue weighted by atomic mass is 10.2. The highest BCUT2D eigenvalue weighted by Gasteiger charge is 2.20. The third-order valence-electron chi connectivity index (χ3n) is 4.83. The molecule has 0 saturated carbocycles. The molecule has 0 spiro atoms. The summed E-state index contributed by atoms with van der Waals surface area (Å²) < 4.78 is 5.48. The van der Waals surface area contributed by atoms with Gasteiger partial charge in [-0.3, -0.25) is 9.69 Å². The highest BCUT2D eigenvalue weighted by Crippen LogP contribution is 2.17. The summed E-state index contributed by atoms with van der Waals surface area (Å²) in [5.41, 5.74) is 1.29. The second-order valence-corrected chi connectivity index (χ2v) is 7.55. The third kappa shape index (κ3) is 6.52. The molecular formula is C22H30N4O3. The lowest BCUT2D eigenvalue weighted by Crippen LogP contribution is -2.49. The minimum absolute atomic E-state index is 0.132. The van der Waals surface area contributed by atoms with E-state index in [0.717, 1.165) is 32.0 Å². The van der Waals surface area contributed by atoms with Gasteiger partial charge in [0.15, 0.2) is 0 Å². The molecule has 1 unspecified atom stereocenters. The average molecular weight is 399 g/mol. The van der Waals surface area contributed by atoms with Crippen molar-refractivity contribution in [1.82, 2.24) is 9.88 Å². The first-order chi connectivity index (χ1) is 14.0. The van der Waals surface area contributed by atoms with E-state index in [2.05, 4.69) is 20.1 Å². The van der Waals surface area contributed by atoms with Gasteiger partial charge >= 0.3 is 0 Å². The second-order valence-electron chi connectivity index (χ2n) is 7.55. The summed E-state index contributed by atoms with van der Waals surface area (Å²) in [6.07, 6.45) is 1.36. The molecule has 3 rings (SSSR count). The number of nitrogens with zero attached hydrogens (tertiary/aromatic N) is 3. The number of benzene rings is 1. The number of piperazine rings is 1. The minimum Gasteiger partial charge on any atom is -0.389 e. The van der Waals surface area contributed by atoms with Gasteiger partial charge in [-0.2, -0.15) is 0 Å². The fourth-order valence-corrected chi connectivity index (χ4v) is 3.25. The highest BCUT2D eigenvalue weighted by atomic mass is 16.5. The zero-order valence-electron chi connectivity index (χ0n) is 17.1. The molecule has 7 nitrogen and oxygen atoms in total. The number of amides is 1. The van der Waals surface area contributed by atoms with Gasteiger partial charge < -0.3 is 20.1 Å². The topological polar surface area (TPSA) is 77.9 Å². The van der Waals surface area contributed by atoms with E-state index in [-0.39, 0.29) is 12.0 Å². The van der Waals surface area contributed by atoms with Gasteiger partial charge in [-0.25, -0.2) is 4.98 Å². The molecule has 1 atom stereocenters. The molecule has 2 heterocycles. The van der Waals surface area contributed by atoms with Crippen LogP contribution in [-0.4, -0.2) is 72.4 Å². The number of aliphatic hydroxyl groups is 1. The number of rotatable bonds is 8. The zero-order chi connectivity index (χ0) is 20.6. The minimum atomic E-state index is -0.463. The van der Waals surface area contributed by atoms with Gasteiger partial charge in [-0.1, -0.05) is 18.2 Å². The summed E-state index contributed by atoms with van der Waals surface area (Å²) in [7, 11) is 0. The molecule has 0 aliphatic carbocycles.